The van der Waals surface area contributed by atoms with E-state index in [2.05, 4.69) is 5.43 Å². The van der Waals surface area contributed by atoms with Gasteiger partial charge < -0.3 is 20.1 Å². The highest BCUT2D eigenvalue weighted by atomic mass is 31.2. The standard InChI is InChI=1S/C8H6N4.H3O4P/c9-4-6-1-2-7(5-10)8(3-6)12-11;1-5(2,3)4/h1-3,12H,11H2;(H3,1,2,3,4). The molecule has 90 valence electrons. The first-order valence-electron chi connectivity index (χ1n) is 4.01. The molecule has 0 saturated carbocycles. The predicted octanol–water partition coefficient (Wildman–Crippen LogP) is -0.213. The van der Waals surface area contributed by atoms with E-state index in [9.17, 15) is 0 Å². The molecule has 17 heavy (non-hydrogen) atoms. The van der Waals surface area contributed by atoms with E-state index in [-0.39, 0.29) is 0 Å². The number of nitrogen functional groups attached to an aromatic ring is 1. The number of nitrogens with two attached hydrogens (primary N) is 1. The van der Waals surface area contributed by atoms with Crippen molar-refractivity contribution >= 4 is 13.5 Å². The van der Waals surface area contributed by atoms with Gasteiger partial charge >= 0.3 is 7.82 Å². The van der Waals surface area contributed by atoms with Crippen molar-refractivity contribution < 1.29 is 19.2 Å². The van der Waals surface area contributed by atoms with Crippen LogP contribution in [0, 0.1) is 22.7 Å². The molecule has 9 heteroatoms. The quantitative estimate of drug-likeness (QED) is 0.261. The fourth-order valence-electron chi connectivity index (χ4n) is 0.831. The van der Waals surface area contributed by atoms with Crippen molar-refractivity contribution in [2.75, 3.05) is 5.43 Å². The van der Waals surface area contributed by atoms with Crippen molar-refractivity contribution in [2.45, 2.75) is 0 Å². The average Bonchev–Trinajstić information content (AvgIpc) is 2.25. The van der Waals surface area contributed by atoms with E-state index in [0.29, 0.717) is 16.8 Å². The van der Waals surface area contributed by atoms with Gasteiger partial charge in [0, 0.05) is 0 Å². The lowest BCUT2D eigenvalue weighted by molar-refractivity contribution is 0.275. The number of hydrogen-bond acceptors (Lipinski definition) is 5. The Labute approximate surface area is 96.7 Å². The van der Waals surface area contributed by atoms with Crippen LogP contribution < -0.4 is 11.3 Å². The molecule has 1 aromatic rings. The molecule has 1 aromatic carbocycles. The molecular weight excluding hydrogens is 247 g/mol. The number of benzene rings is 1. The predicted molar refractivity (Wildman–Crippen MR) is 57.9 cm³/mol. The maximum absolute atomic E-state index is 8.88. The van der Waals surface area contributed by atoms with Gasteiger partial charge in [0.1, 0.15) is 6.07 Å². The van der Waals surface area contributed by atoms with Gasteiger partial charge in [-0.1, -0.05) is 0 Å². The van der Waals surface area contributed by atoms with Crippen LogP contribution in [0.1, 0.15) is 11.1 Å². The minimum Gasteiger partial charge on any atom is -0.323 e. The molecule has 0 fully saturated rings. The summed E-state index contributed by atoms with van der Waals surface area (Å²) in [5.41, 5.74) is 3.72. The lowest BCUT2D eigenvalue weighted by atomic mass is 10.1. The zero-order valence-electron chi connectivity index (χ0n) is 8.40. The largest absolute Gasteiger partial charge is 0.466 e. The number of nitrogens with zero attached hydrogens (tertiary/aromatic N) is 2. The maximum Gasteiger partial charge on any atom is 0.466 e. The van der Waals surface area contributed by atoms with Crippen LogP contribution in [0.4, 0.5) is 5.69 Å². The summed E-state index contributed by atoms with van der Waals surface area (Å²) in [6, 6.07) is 8.54. The van der Waals surface area contributed by atoms with Gasteiger partial charge in [0.25, 0.3) is 0 Å². The normalized spacial score (nSPS) is 9.29. The Morgan fingerprint density at radius 3 is 2.12 bits per heavy atom. The van der Waals surface area contributed by atoms with Gasteiger partial charge in [-0.25, -0.2) is 4.57 Å². The van der Waals surface area contributed by atoms with Crippen molar-refractivity contribution in [1.82, 2.24) is 0 Å². The third-order valence-electron chi connectivity index (χ3n) is 1.42. The molecule has 0 radical (unpaired) electrons. The van der Waals surface area contributed by atoms with Crippen LogP contribution in [0.2, 0.25) is 0 Å². The van der Waals surface area contributed by atoms with Gasteiger partial charge in [0.2, 0.25) is 0 Å². The zero-order chi connectivity index (χ0) is 13.5. The highest BCUT2D eigenvalue weighted by Gasteiger charge is 2.00. The lowest BCUT2D eigenvalue weighted by Crippen LogP contribution is -2.08. The Hall–Kier alpha value is -1.93. The molecule has 0 bridgehead atoms. The summed E-state index contributed by atoms with van der Waals surface area (Å²) < 4.78 is 8.88. The van der Waals surface area contributed by atoms with Crippen LogP contribution in [-0.2, 0) is 4.57 Å². The van der Waals surface area contributed by atoms with Crippen molar-refractivity contribution in [3.63, 3.8) is 0 Å². The fourth-order valence-corrected chi connectivity index (χ4v) is 0.831. The third kappa shape index (κ3) is 7.03. The second-order valence-electron chi connectivity index (χ2n) is 2.64. The maximum atomic E-state index is 8.88. The minimum absolute atomic E-state index is 0.427. The summed E-state index contributed by atoms with van der Waals surface area (Å²) in [5, 5.41) is 17.1. The number of anilines is 1. The van der Waals surface area contributed by atoms with Gasteiger partial charge in [-0.05, 0) is 18.2 Å². The Morgan fingerprint density at radius 2 is 1.76 bits per heavy atom. The SMILES string of the molecule is N#Cc1ccc(C#N)c(NN)c1.O=P(O)(O)O. The van der Waals surface area contributed by atoms with Crippen molar-refractivity contribution in [1.29, 1.82) is 10.5 Å². The third-order valence-corrected chi connectivity index (χ3v) is 1.42. The van der Waals surface area contributed by atoms with Gasteiger partial charge in [0.05, 0.1) is 22.9 Å². The highest BCUT2D eigenvalue weighted by Crippen LogP contribution is 2.25. The molecule has 0 aliphatic carbocycles. The number of hydrazine groups is 1. The minimum atomic E-state index is -4.64. The Bertz CT molecular complexity index is 505. The van der Waals surface area contributed by atoms with Crippen molar-refractivity contribution in [3.05, 3.63) is 29.3 Å². The smallest absolute Gasteiger partial charge is 0.323 e. The average molecular weight is 256 g/mol. The van der Waals surface area contributed by atoms with E-state index < -0.39 is 7.82 Å². The van der Waals surface area contributed by atoms with Gasteiger partial charge in [-0.2, -0.15) is 10.5 Å². The molecule has 0 heterocycles. The summed E-state index contributed by atoms with van der Waals surface area (Å²) in [4.78, 5) is 21.6. The summed E-state index contributed by atoms with van der Waals surface area (Å²) in [7, 11) is -4.64. The Morgan fingerprint density at radius 1 is 1.24 bits per heavy atom. The van der Waals surface area contributed by atoms with Crippen molar-refractivity contribution in [2.24, 2.45) is 5.84 Å². The summed E-state index contributed by atoms with van der Waals surface area (Å²) in [6.07, 6.45) is 0. The second-order valence-corrected chi connectivity index (χ2v) is 3.67. The molecule has 0 unspecified atom stereocenters. The van der Waals surface area contributed by atoms with E-state index in [1.807, 2.05) is 12.1 Å². The molecule has 0 saturated heterocycles. The summed E-state index contributed by atoms with van der Waals surface area (Å²) in [6.45, 7) is 0. The van der Waals surface area contributed by atoms with Gasteiger partial charge in [-0.3, -0.25) is 5.84 Å². The molecule has 0 aliphatic heterocycles. The van der Waals surface area contributed by atoms with Gasteiger partial charge in [0.15, 0.2) is 0 Å². The summed E-state index contributed by atoms with van der Waals surface area (Å²) >= 11 is 0. The first-order valence-corrected chi connectivity index (χ1v) is 5.57. The van der Waals surface area contributed by atoms with E-state index in [1.165, 1.54) is 6.07 Å². The molecule has 6 N–H and O–H groups in total. The lowest BCUT2D eigenvalue weighted by Gasteiger charge is -2.01. The fraction of sp³-hybridized carbons (Fsp3) is 0. The van der Waals surface area contributed by atoms with Gasteiger partial charge in [-0.15, -0.1) is 0 Å². The number of nitriles is 2. The second kappa shape index (κ2) is 6.61. The van der Waals surface area contributed by atoms with E-state index >= 15 is 0 Å². The summed E-state index contributed by atoms with van der Waals surface area (Å²) in [5.74, 6) is 5.14. The molecule has 0 spiro atoms. The van der Waals surface area contributed by atoms with Crippen LogP contribution in [0.25, 0.3) is 0 Å². The molecule has 0 aliphatic rings. The Kier molecular flexibility index (Phi) is 5.86. The molecule has 8 nitrogen and oxygen atoms in total. The first-order chi connectivity index (χ1) is 7.81. The highest BCUT2D eigenvalue weighted by molar-refractivity contribution is 7.45. The van der Waals surface area contributed by atoms with Crippen LogP contribution in [-0.4, -0.2) is 14.7 Å². The monoisotopic (exact) mass is 256 g/mol. The first kappa shape index (κ1) is 15.1. The van der Waals surface area contributed by atoms with E-state index in [1.54, 1.807) is 12.1 Å². The van der Waals surface area contributed by atoms with Crippen LogP contribution in [0.3, 0.4) is 0 Å². The Balaban J connectivity index is 0.000000437. The number of phosphoric acid groups is 1. The number of rotatable bonds is 1. The number of nitrogens with one attached hydrogen (secondary N) is 1. The van der Waals surface area contributed by atoms with Crippen molar-refractivity contribution in [3.8, 4) is 12.1 Å². The molecule has 0 atom stereocenters. The van der Waals surface area contributed by atoms with E-state index in [0.717, 1.165) is 0 Å². The van der Waals surface area contributed by atoms with Crippen LogP contribution in [0.5, 0.6) is 0 Å². The van der Waals surface area contributed by atoms with Crippen LogP contribution in [0.15, 0.2) is 18.2 Å². The molecular formula is C8H9N4O4P. The molecule has 1 rings (SSSR count). The number of hydrogen-bond donors (Lipinski definition) is 5. The zero-order valence-corrected chi connectivity index (χ0v) is 9.30. The topological polar surface area (TPSA) is 163 Å². The molecule has 0 aromatic heterocycles. The van der Waals surface area contributed by atoms with E-state index in [4.69, 9.17) is 35.6 Å². The van der Waals surface area contributed by atoms with Crippen LogP contribution >= 0.6 is 7.82 Å². The molecule has 0 amide bonds.